The van der Waals surface area contributed by atoms with Crippen molar-refractivity contribution in [1.82, 2.24) is 20.3 Å². The molecule has 0 amide bonds. The first kappa shape index (κ1) is 11.3. The van der Waals surface area contributed by atoms with Crippen molar-refractivity contribution in [3.8, 4) is 11.3 Å². The fraction of sp³-hybridized carbons (Fsp3) is 0.385. The van der Waals surface area contributed by atoms with Gasteiger partial charge in [-0.05, 0) is 25.5 Å². The van der Waals surface area contributed by atoms with Crippen molar-refractivity contribution in [2.24, 2.45) is 0 Å². The van der Waals surface area contributed by atoms with Gasteiger partial charge in [0.25, 0.3) is 0 Å². The minimum absolute atomic E-state index is 0.331. The number of halogens is 1. The van der Waals surface area contributed by atoms with E-state index in [4.69, 9.17) is 0 Å². The third kappa shape index (κ3) is 2.26. The zero-order valence-electron chi connectivity index (χ0n) is 9.99. The summed E-state index contributed by atoms with van der Waals surface area (Å²) in [6, 6.07) is 1.46. The molecular formula is C13H15FN4. The Morgan fingerprint density at radius 3 is 3.00 bits per heavy atom. The van der Waals surface area contributed by atoms with Gasteiger partial charge in [-0.3, -0.25) is 4.98 Å². The maximum atomic E-state index is 13.1. The van der Waals surface area contributed by atoms with Crippen LogP contribution in [0, 0.1) is 5.82 Å². The van der Waals surface area contributed by atoms with Crippen molar-refractivity contribution in [3.63, 3.8) is 0 Å². The topological polar surface area (TPSA) is 53.6 Å². The fourth-order valence-corrected chi connectivity index (χ4v) is 2.34. The van der Waals surface area contributed by atoms with Gasteiger partial charge in [-0.2, -0.15) is 0 Å². The van der Waals surface area contributed by atoms with Crippen LogP contribution < -0.4 is 5.32 Å². The average Bonchev–Trinajstić information content (AvgIpc) is 2.89. The SMILES string of the molecule is Fc1cncc(-c2cnc(C3CCCNC3)[nH]2)c1. The van der Waals surface area contributed by atoms with E-state index in [1.807, 2.05) is 0 Å². The molecule has 1 aliphatic rings. The number of hydrogen-bond acceptors (Lipinski definition) is 3. The number of rotatable bonds is 2. The summed E-state index contributed by atoms with van der Waals surface area (Å²) in [7, 11) is 0. The predicted octanol–water partition coefficient (Wildman–Crippen LogP) is 2.08. The van der Waals surface area contributed by atoms with Gasteiger partial charge in [0.2, 0.25) is 0 Å². The minimum atomic E-state index is -0.331. The van der Waals surface area contributed by atoms with E-state index in [2.05, 4.69) is 20.3 Å². The van der Waals surface area contributed by atoms with Crippen molar-refractivity contribution >= 4 is 0 Å². The molecule has 0 radical (unpaired) electrons. The molecule has 1 unspecified atom stereocenters. The summed E-state index contributed by atoms with van der Waals surface area (Å²) in [5.74, 6) is 1.07. The molecule has 0 aliphatic carbocycles. The number of nitrogens with zero attached hydrogens (tertiary/aromatic N) is 2. The van der Waals surface area contributed by atoms with Crippen molar-refractivity contribution in [2.75, 3.05) is 13.1 Å². The molecule has 3 heterocycles. The lowest BCUT2D eigenvalue weighted by atomic mass is 9.99. The molecule has 0 saturated carbocycles. The molecule has 3 rings (SSSR count). The van der Waals surface area contributed by atoms with E-state index in [0.717, 1.165) is 36.6 Å². The zero-order valence-corrected chi connectivity index (χ0v) is 9.99. The van der Waals surface area contributed by atoms with Crippen LogP contribution in [0.5, 0.6) is 0 Å². The summed E-state index contributed by atoms with van der Waals surface area (Å²) in [4.78, 5) is 11.5. The van der Waals surface area contributed by atoms with Crippen molar-refractivity contribution in [1.29, 1.82) is 0 Å². The minimum Gasteiger partial charge on any atom is -0.342 e. The quantitative estimate of drug-likeness (QED) is 0.853. The number of H-pyrrole nitrogens is 1. The maximum absolute atomic E-state index is 13.1. The Morgan fingerprint density at radius 1 is 1.28 bits per heavy atom. The van der Waals surface area contributed by atoms with Crippen LogP contribution in [0.15, 0.2) is 24.7 Å². The highest BCUT2D eigenvalue weighted by Gasteiger charge is 2.18. The van der Waals surface area contributed by atoms with Gasteiger partial charge < -0.3 is 10.3 Å². The number of imidazole rings is 1. The normalized spacial score (nSPS) is 19.9. The summed E-state index contributed by atoms with van der Waals surface area (Å²) < 4.78 is 13.1. The van der Waals surface area contributed by atoms with Crippen LogP contribution in [-0.4, -0.2) is 28.0 Å². The van der Waals surface area contributed by atoms with Gasteiger partial charge in [-0.25, -0.2) is 9.37 Å². The van der Waals surface area contributed by atoms with E-state index < -0.39 is 0 Å². The first-order chi connectivity index (χ1) is 8.83. The van der Waals surface area contributed by atoms with Crippen LogP contribution in [-0.2, 0) is 0 Å². The molecule has 2 aromatic rings. The molecular weight excluding hydrogens is 231 g/mol. The van der Waals surface area contributed by atoms with Gasteiger partial charge in [-0.1, -0.05) is 0 Å². The average molecular weight is 246 g/mol. The molecule has 0 aromatic carbocycles. The molecule has 1 aliphatic heterocycles. The Hall–Kier alpha value is -1.75. The number of piperidine rings is 1. The lowest BCUT2D eigenvalue weighted by Gasteiger charge is -2.20. The van der Waals surface area contributed by atoms with E-state index in [1.165, 1.54) is 18.7 Å². The van der Waals surface area contributed by atoms with Crippen LogP contribution in [0.25, 0.3) is 11.3 Å². The smallest absolute Gasteiger partial charge is 0.142 e. The summed E-state index contributed by atoms with van der Waals surface area (Å²) in [6.07, 6.45) is 6.90. The number of nitrogens with one attached hydrogen (secondary N) is 2. The van der Waals surface area contributed by atoms with E-state index in [0.29, 0.717) is 5.92 Å². The maximum Gasteiger partial charge on any atom is 0.142 e. The molecule has 18 heavy (non-hydrogen) atoms. The van der Waals surface area contributed by atoms with Crippen LogP contribution >= 0.6 is 0 Å². The number of aromatic amines is 1. The van der Waals surface area contributed by atoms with Gasteiger partial charge in [0.05, 0.1) is 18.1 Å². The van der Waals surface area contributed by atoms with Gasteiger partial charge in [-0.15, -0.1) is 0 Å². The van der Waals surface area contributed by atoms with Crippen LogP contribution in [0.3, 0.4) is 0 Å². The number of hydrogen-bond donors (Lipinski definition) is 2. The van der Waals surface area contributed by atoms with Crippen molar-refractivity contribution in [3.05, 3.63) is 36.3 Å². The molecule has 1 atom stereocenters. The molecule has 0 spiro atoms. The van der Waals surface area contributed by atoms with Gasteiger partial charge in [0, 0.05) is 24.2 Å². The van der Waals surface area contributed by atoms with E-state index in [1.54, 1.807) is 12.4 Å². The van der Waals surface area contributed by atoms with Crippen molar-refractivity contribution < 1.29 is 4.39 Å². The molecule has 0 bridgehead atoms. The Balaban J connectivity index is 1.84. The summed E-state index contributed by atoms with van der Waals surface area (Å²) in [5, 5.41) is 3.36. The van der Waals surface area contributed by atoms with Crippen LogP contribution in [0.1, 0.15) is 24.6 Å². The Bertz CT molecular complexity index is 531. The predicted molar refractivity (Wildman–Crippen MR) is 66.6 cm³/mol. The third-order valence-corrected chi connectivity index (χ3v) is 3.29. The largest absolute Gasteiger partial charge is 0.342 e. The molecule has 94 valence electrons. The second kappa shape index (κ2) is 4.86. The number of aromatic nitrogens is 3. The van der Waals surface area contributed by atoms with Gasteiger partial charge in [0.15, 0.2) is 0 Å². The molecule has 2 N–H and O–H groups in total. The first-order valence-electron chi connectivity index (χ1n) is 6.19. The van der Waals surface area contributed by atoms with Crippen LogP contribution in [0.4, 0.5) is 4.39 Å². The summed E-state index contributed by atoms with van der Waals surface area (Å²) >= 11 is 0. The van der Waals surface area contributed by atoms with Crippen LogP contribution in [0.2, 0.25) is 0 Å². The highest BCUT2D eigenvalue weighted by Crippen LogP contribution is 2.24. The summed E-state index contributed by atoms with van der Waals surface area (Å²) in [6.45, 7) is 2.03. The molecule has 1 saturated heterocycles. The monoisotopic (exact) mass is 246 g/mol. The van der Waals surface area contributed by atoms with E-state index in [-0.39, 0.29) is 5.82 Å². The molecule has 5 heteroatoms. The van der Waals surface area contributed by atoms with E-state index >= 15 is 0 Å². The lowest BCUT2D eigenvalue weighted by molar-refractivity contribution is 0.449. The zero-order chi connectivity index (χ0) is 12.4. The standard InChI is InChI=1S/C13H15FN4/c14-11-4-10(6-16-7-11)12-8-17-13(18-12)9-2-1-3-15-5-9/h4,6-9,15H,1-3,5H2,(H,17,18). The Morgan fingerprint density at radius 2 is 2.22 bits per heavy atom. The van der Waals surface area contributed by atoms with Crippen molar-refractivity contribution in [2.45, 2.75) is 18.8 Å². The highest BCUT2D eigenvalue weighted by molar-refractivity contribution is 5.57. The Labute approximate surface area is 105 Å². The van der Waals surface area contributed by atoms with E-state index in [9.17, 15) is 4.39 Å². The van der Waals surface area contributed by atoms with Gasteiger partial charge in [0.1, 0.15) is 11.6 Å². The fourth-order valence-electron chi connectivity index (χ4n) is 2.34. The molecule has 4 nitrogen and oxygen atoms in total. The lowest BCUT2D eigenvalue weighted by Crippen LogP contribution is -2.28. The second-order valence-corrected chi connectivity index (χ2v) is 4.62. The molecule has 2 aromatic heterocycles. The summed E-state index contributed by atoms with van der Waals surface area (Å²) in [5.41, 5.74) is 1.56. The van der Waals surface area contributed by atoms with Gasteiger partial charge >= 0.3 is 0 Å². The second-order valence-electron chi connectivity index (χ2n) is 4.62. The molecule has 1 fully saturated rings. The highest BCUT2D eigenvalue weighted by atomic mass is 19.1. The Kier molecular flexibility index (Phi) is 3.06. The first-order valence-corrected chi connectivity index (χ1v) is 6.19. The third-order valence-electron chi connectivity index (χ3n) is 3.29. The number of pyridine rings is 1.